The number of nitrogens with one attached hydrogen (secondary N) is 3. The highest BCUT2D eigenvalue weighted by molar-refractivity contribution is 5.96. The van der Waals surface area contributed by atoms with Crippen molar-refractivity contribution < 1.29 is 24.0 Å². The molecule has 8 heteroatoms. The molecule has 0 aliphatic heterocycles. The summed E-state index contributed by atoms with van der Waals surface area (Å²) < 4.78 is 11.8. The van der Waals surface area contributed by atoms with Gasteiger partial charge in [-0.2, -0.15) is 0 Å². The standard InChI is InChI=1S/C29H29N3O5/c1-20(36-25-13-11-22(12-14-25)29(34)32-35)31-28(33)18-24(19-30-16-15-21-7-3-2-4-8-21)27-17-23-9-5-6-10-26(23)37-27/h2-14,17-18,20,30,35H,15-16,19H2,1H3,(H,31,33)(H,32,34)/b24-18+. The molecule has 190 valence electrons. The summed E-state index contributed by atoms with van der Waals surface area (Å²) in [6, 6.07) is 26.0. The summed E-state index contributed by atoms with van der Waals surface area (Å²) in [4.78, 5) is 24.3. The molecule has 1 atom stereocenters. The molecule has 4 N–H and O–H groups in total. The van der Waals surface area contributed by atoms with E-state index in [4.69, 9.17) is 14.4 Å². The Morgan fingerprint density at radius 3 is 2.46 bits per heavy atom. The highest BCUT2D eigenvalue weighted by Gasteiger charge is 2.13. The first-order valence-electron chi connectivity index (χ1n) is 12.0. The average molecular weight is 500 g/mol. The molecule has 0 saturated heterocycles. The van der Waals surface area contributed by atoms with E-state index in [0.717, 1.165) is 23.9 Å². The molecule has 0 aliphatic rings. The quantitative estimate of drug-likeness (QED) is 0.0804. The second kappa shape index (κ2) is 12.5. The number of amides is 2. The van der Waals surface area contributed by atoms with Crippen molar-refractivity contribution in [1.82, 2.24) is 16.1 Å². The highest BCUT2D eigenvalue weighted by Crippen LogP contribution is 2.24. The lowest BCUT2D eigenvalue weighted by Crippen LogP contribution is -2.36. The maximum absolute atomic E-state index is 12.9. The second-order valence-corrected chi connectivity index (χ2v) is 8.46. The molecule has 0 radical (unpaired) electrons. The van der Waals surface area contributed by atoms with Gasteiger partial charge in [-0.15, -0.1) is 0 Å². The van der Waals surface area contributed by atoms with Gasteiger partial charge in [-0.1, -0.05) is 48.5 Å². The zero-order valence-electron chi connectivity index (χ0n) is 20.4. The Hall–Kier alpha value is -4.40. The van der Waals surface area contributed by atoms with E-state index in [9.17, 15) is 9.59 Å². The summed E-state index contributed by atoms with van der Waals surface area (Å²) in [5.74, 6) is 0.138. The number of carbonyl (C=O) groups excluding carboxylic acids is 2. The van der Waals surface area contributed by atoms with Crippen LogP contribution in [-0.4, -0.2) is 36.3 Å². The van der Waals surface area contributed by atoms with Crippen molar-refractivity contribution >= 4 is 28.4 Å². The van der Waals surface area contributed by atoms with Crippen LogP contribution in [-0.2, 0) is 11.2 Å². The molecule has 4 rings (SSSR count). The van der Waals surface area contributed by atoms with Gasteiger partial charge in [0.1, 0.15) is 17.1 Å². The topological polar surface area (TPSA) is 113 Å². The van der Waals surface area contributed by atoms with E-state index in [-0.39, 0.29) is 11.5 Å². The van der Waals surface area contributed by atoms with Crippen LogP contribution in [0.3, 0.4) is 0 Å². The van der Waals surface area contributed by atoms with Crippen LogP contribution in [0.2, 0.25) is 0 Å². The fourth-order valence-corrected chi connectivity index (χ4v) is 3.83. The number of furan rings is 1. The maximum atomic E-state index is 12.9. The van der Waals surface area contributed by atoms with Gasteiger partial charge in [-0.3, -0.25) is 14.8 Å². The smallest absolute Gasteiger partial charge is 0.274 e. The van der Waals surface area contributed by atoms with Gasteiger partial charge in [0.15, 0.2) is 6.23 Å². The zero-order chi connectivity index (χ0) is 26.0. The molecule has 0 bridgehead atoms. The Labute approximate surface area is 214 Å². The molecular weight excluding hydrogens is 470 g/mol. The molecule has 1 heterocycles. The van der Waals surface area contributed by atoms with E-state index in [2.05, 4.69) is 22.8 Å². The molecule has 1 unspecified atom stereocenters. The molecule has 0 saturated carbocycles. The number of rotatable bonds is 11. The molecule has 37 heavy (non-hydrogen) atoms. The van der Waals surface area contributed by atoms with Crippen LogP contribution in [0.5, 0.6) is 5.75 Å². The van der Waals surface area contributed by atoms with Crippen molar-refractivity contribution in [3.63, 3.8) is 0 Å². The van der Waals surface area contributed by atoms with E-state index >= 15 is 0 Å². The number of hydrogen-bond acceptors (Lipinski definition) is 6. The largest absolute Gasteiger partial charge is 0.471 e. The predicted octanol–water partition coefficient (Wildman–Crippen LogP) is 4.31. The molecular formula is C29H29N3O5. The van der Waals surface area contributed by atoms with Gasteiger partial charge in [-0.25, -0.2) is 5.48 Å². The Bertz CT molecular complexity index is 1330. The van der Waals surface area contributed by atoms with Crippen LogP contribution < -0.4 is 20.9 Å². The third-order valence-electron chi connectivity index (χ3n) is 5.67. The van der Waals surface area contributed by atoms with Crippen LogP contribution in [0, 0.1) is 0 Å². The third kappa shape index (κ3) is 7.30. The molecule has 0 spiro atoms. The second-order valence-electron chi connectivity index (χ2n) is 8.46. The SMILES string of the molecule is CC(NC(=O)/C=C(\CNCCc1ccccc1)c1cc2ccccc2o1)Oc1ccc(C(=O)NO)cc1. The summed E-state index contributed by atoms with van der Waals surface area (Å²) in [5, 5.41) is 15.9. The van der Waals surface area contributed by atoms with Gasteiger partial charge < -0.3 is 19.8 Å². The minimum Gasteiger partial charge on any atom is -0.471 e. The Morgan fingerprint density at radius 2 is 1.73 bits per heavy atom. The first-order chi connectivity index (χ1) is 18.0. The van der Waals surface area contributed by atoms with Crippen molar-refractivity contribution in [3.05, 3.63) is 108 Å². The van der Waals surface area contributed by atoms with E-state index in [0.29, 0.717) is 23.6 Å². The van der Waals surface area contributed by atoms with Crippen LogP contribution >= 0.6 is 0 Å². The van der Waals surface area contributed by atoms with Crippen molar-refractivity contribution in [3.8, 4) is 5.75 Å². The minimum atomic E-state index is -0.635. The minimum absolute atomic E-state index is 0.282. The van der Waals surface area contributed by atoms with Gasteiger partial charge in [0, 0.05) is 29.1 Å². The molecule has 8 nitrogen and oxygen atoms in total. The number of benzene rings is 3. The van der Waals surface area contributed by atoms with Gasteiger partial charge in [-0.05, 0) is 61.9 Å². The molecule has 4 aromatic rings. The van der Waals surface area contributed by atoms with Crippen molar-refractivity contribution in [2.45, 2.75) is 19.6 Å². The van der Waals surface area contributed by atoms with Gasteiger partial charge in [0.25, 0.3) is 5.91 Å². The fraction of sp³-hybridized carbons (Fsp3) is 0.172. The normalized spacial score (nSPS) is 12.2. The van der Waals surface area contributed by atoms with Crippen molar-refractivity contribution in [2.75, 3.05) is 13.1 Å². The van der Waals surface area contributed by atoms with E-state index in [1.54, 1.807) is 24.5 Å². The monoisotopic (exact) mass is 499 g/mol. The van der Waals surface area contributed by atoms with E-state index in [1.807, 2.05) is 48.5 Å². The maximum Gasteiger partial charge on any atom is 0.274 e. The number of hydroxylamine groups is 1. The van der Waals surface area contributed by atoms with Crippen LogP contribution in [0.4, 0.5) is 0 Å². The lowest BCUT2D eigenvalue weighted by atomic mass is 10.1. The number of carbonyl (C=O) groups is 2. The van der Waals surface area contributed by atoms with Crippen LogP contribution in [0.25, 0.3) is 16.5 Å². The van der Waals surface area contributed by atoms with Gasteiger partial charge >= 0.3 is 0 Å². The molecule has 2 amide bonds. The van der Waals surface area contributed by atoms with Crippen LogP contribution in [0.15, 0.2) is 95.4 Å². The molecule has 1 aromatic heterocycles. The van der Waals surface area contributed by atoms with Crippen molar-refractivity contribution in [1.29, 1.82) is 0 Å². The lowest BCUT2D eigenvalue weighted by Gasteiger charge is -2.16. The average Bonchev–Trinajstić information content (AvgIpc) is 3.35. The Morgan fingerprint density at radius 1 is 1.00 bits per heavy atom. The lowest BCUT2D eigenvalue weighted by molar-refractivity contribution is -0.118. The molecule has 0 aliphatic carbocycles. The van der Waals surface area contributed by atoms with Crippen molar-refractivity contribution in [2.24, 2.45) is 0 Å². The summed E-state index contributed by atoms with van der Waals surface area (Å²) >= 11 is 0. The van der Waals surface area contributed by atoms with E-state index < -0.39 is 12.1 Å². The summed E-state index contributed by atoms with van der Waals surface area (Å²) in [6.45, 7) is 2.90. The molecule has 0 fully saturated rings. The Balaban J connectivity index is 1.41. The summed E-state index contributed by atoms with van der Waals surface area (Å²) in [6.07, 6.45) is 1.75. The number of para-hydroxylation sites is 1. The van der Waals surface area contributed by atoms with E-state index in [1.165, 1.54) is 23.8 Å². The highest BCUT2D eigenvalue weighted by atomic mass is 16.5. The summed E-state index contributed by atoms with van der Waals surface area (Å²) in [7, 11) is 0. The predicted molar refractivity (Wildman–Crippen MR) is 141 cm³/mol. The first-order valence-corrected chi connectivity index (χ1v) is 12.0. The fourth-order valence-electron chi connectivity index (χ4n) is 3.83. The van der Waals surface area contributed by atoms with Crippen LogP contribution in [0.1, 0.15) is 28.6 Å². The number of ether oxygens (including phenoxy) is 1. The number of fused-ring (bicyclic) bond motifs is 1. The first kappa shape index (κ1) is 25.7. The van der Waals surface area contributed by atoms with Gasteiger partial charge in [0.2, 0.25) is 5.91 Å². The third-order valence-corrected chi connectivity index (χ3v) is 5.67. The summed E-state index contributed by atoms with van der Waals surface area (Å²) in [5.41, 5.74) is 4.56. The Kier molecular flexibility index (Phi) is 8.70. The molecule has 3 aromatic carbocycles. The zero-order valence-corrected chi connectivity index (χ0v) is 20.4. The number of hydrogen-bond donors (Lipinski definition) is 4. The van der Waals surface area contributed by atoms with Gasteiger partial charge in [0.05, 0.1) is 0 Å².